The predicted octanol–water partition coefficient (Wildman–Crippen LogP) is 1.50. The van der Waals surface area contributed by atoms with E-state index in [1.54, 1.807) is 6.92 Å². The summed E-state index contributed by atoms with van der Waals surface area (Å²) in [4.78, 5) is 15.5. The average Bonchev–Trinajstić information content (AvgIpc) is 2.42. The number of carbonyl (C=O) groups excluding carboxylic acids is 1. The van der Waals surface area contributed by atoms with E-state index in [0.717, 1.165) is 36.8 Å². The Balaban J connectivity index is 2.08. The molecule has 0 spiro atoms. The summed E-state index contributed by atoms with van der Waals surface area (Å²) in [6.07, 6.45) is 0. The highest BCUT2D eigenvalue weighted by Gasteiger charge is 2.26. The Bertz CT molecular complexity index is 444. The van der Waals surface area contributed by atoms with E-state index >= 15 is 0 Å². The van der Waals surface area contributed by atoms with Gasteiger partial charge in [-0.05, 0) is 11.6 Å². The molecule has 1 heterocycles. The van der Waals surface area contributed by atoms with Crippen molar-refractivity contribution in [3.8, 4) is 0 Å². The SMILES string of the molecule is CC(=O)N1CCN(C(CN)c2ccccc2Cl)CC1. The summed E-state index contributed by atoms with van der Waals surface area (Å²) >= 11 is 6.25. The van der Waals surface area contributed by atoms with Crippen LogP contribution in [0.25, 0.3) is 0 Å². The predicted molar refractivity (Wildman–Crippen MR) is 77.1 cm³/mol. The zero-order chi connectivity index (χ0) is 13.8. The van der Waals surface area contributed by atoms with E-state index in [2.05, 4.69) is 4.90 Å². The number of benzene rings is 1. The van der Waals surface area contributed by atoms with Crippen LogP contribution in [0.1, 0.15) is 18.5 Å². The van der Waals surface area contributed by atoms with E-state index < -0.39 is 0 Å². The number of nitrogens with two attached hydrogens (primary N) is 1. The molecular weight excluding hydrogens is 262 g/mol. The van der Waals surface area contributed by atoms with Crippen molar-refractivity contribution in [3.05, 3.63) is 34.9 Å². The number of halogens is 1. The zero-order valence-electron chi connectivity index (χ0n) is 11.2. The van der Waals surface area contributed by atoms with Crippen molar-refractivity contribution in [2.24, 2.45) is 5.73 Å². The molecule has 1 aromatic rings. The fourth-order valence-corrected chi connectivity index (χ4v) is 2.83. The zero-order valence-corrected chi connectivity index (χ0v) is 11.9. The molecule has 1 fully saturated rings. The lowest BCUT2D eigenvalue weighted by Crippen LogP contribution is -2.50. The molecule has 1 atom stereocenters. The summed E-state index contributed by atoms with van der Waals surface area (Å²) in [5, 5.41) is 0.756. The summed E-state index contributed by atoms with van der Waals surface area (Å²) in [6.45, 7) is 5.35. The first-order valence-corrected chi connectivity index (χ1v) is 6.95. The molecule has 19 heavy (non-hydrogen) atoms. The molecule has 1 aliphatic heterocycles. The van der Waals surface area contributed by atoms with Crippen LogP contribution >= 0.6 is 11.6 Å². The molecule has 0 bridgehead atoms. The maximum atomic E-state index is 11.3. The number of hydrogen-bond donors (Lipinski definition) is 1. The Kier molecular flexibility index (Phi) is 4.80. The fraction of sp³-hybridized carbons (Fsp3) is 0.500. The van der Waals surface area contributed by atoms with Crippen LogP contribution in [0.4, 0.5) is 0 Å². The molecule has 0 radical (unpaired) electrons. The van der Waals surface area contributed by atoms with Crippen molar-refractivity contribution in [1.82, 2.24) is 9.80 Å². The Morgan fingerprint density at radius 3 is 2.47 bits per heavy atom. The first kappa shape index (κ1) is 14.3. The number of rotatable bonds is 3. The topological polar surface area (TPSA) is 49.6 Å². The summed E-state index contributed by atoms with van der Waals surface area (Å²) < 4.78 is 0. The molecule has 1 amide bonds. The van der Waals surface area contributed by atoms with Crippen molar-refractivity contribution in [1.29, 1.82) is 0 Å². The smallest absolute Gasteiger partial charge is 0.219 e. The Morgan fingerprint density at radius 2 is 1.95 bits per heavy atom. The van der Waals surface area contributed by atoms with E-state index in [9.17, 15) is 4.79 Å². The van der Waals surface area contributed by atoms with E-state index in [0.29, 0.717) is 6.54 Å². The largest absolute Gasteiger partial charge is 0.340 e. The van der Waals surface area contributed by atoms with Gasteiger partial charge >= 0.3 is 0 Å². The molecule has 1 aromatic carbocycles. The van der Waals surface area contributed by atoms with Gasteiger partial charge in [-0.3, -0.25) is 9.69 Å². The van der Waals surface area contributed by atoms with Crippen LogP contribution in [0.3, 0.4) is 0 Å². The van der Waals surface area contributed by atoms with Gasteiger partial charge in [0.2, 0.25) is 5.91 Å². The summed E-state index contributed by atoms with van der Waals surface area (Å²) in [5.41, 5.74) is 6.99. The van der Waals surface area contributed by atoms with E-state index in [4.69, 9.17) is 17.3 Å². The molecule has 5 heteroatoms. The van der Waals surface area contributed by atoms with Gasteiger partial charge in [-0.15, -0.1) is 0 Å². The maximum absolute atomic E-state index is 11.3. The molecule has 104 valence electrons. The van der Waals surface area contributed by atoms with Gasteiger partial charge in [-0.2, -0.15) is 0 Å². The second-order valence-corrected chi connectivity index (χ2v) is 5.22. The maximum Gasteiger partial charge on any atom is 0.219 e. The highest BCUT2D eigenvalue weighted by atomic mass is 35.5. The van der Waals surface area contributed by atoms with E-state index in [1.165, 1.54) is 0 Å². The van der Waals surface area contributed by atoms with E-state index in [1.807, 2.05) is 29.2 Å². The number of carbonyl (C=O) groups is 1. The van der Waals surface area contributed by atoms with Gasteiger partial charge in [0.15, 0.2) is 0 Å². The number of nitrogens with zero attached hydrogens (tertiary/aromatic N) is 2. The average molecular weight is 282 g/mol. The van der Waals surface area contributed by atoms with Gasteiger partial charge in [0, 0.05) is 50.7 Å². The highest BCUT2D eigenvalue weighted by Crippen LogP contribution is 2.27. The van der Waals surface area contributed by atoms with Gasteiger partial charge in [0.05, 0.1) is 0 Å². The van der Waals surface area contributed by atoms with Gasteiger partial charge in [0.1, 0.15) is 0 Å². The quantitative estimate of drug-likeness (QED) is 0.914. The van der Waals surface area contributed by atoms with Crippen molar-refractivity contribution in [2.75, 3.05) is 32.7 Å². The fourth-order valence-electron chi connectivity index (χ4n) is 2.57. The van der Waals surface area contributed by atoms with Crippen LogP contribution in [-0.2, 0) is 4.79 Å². The lowest BCUT2D eigenvalue weighted by Gasteiger charge is -2.39. The molecule has 1 unspecified atom stereocenters. The van der Waals surface area contributed by atoms with Crippen LogP contribution in [0.2, 0.25) is 5.02 Å². The van der Waals surface area contributed by atoms with Gasteiger partial charge in [0.25, 0.3) is 0 Å². The molecular formula is C14H20ClN3O. The van der Waals surface area contributed by atoms with Crippen molar-refractivity contribution in [2.45, 2.75) is 13.0 Å². The lowest BCUT2D eigenvalue weighted by atomic mass is 10.0. The molecule has 4 nitrogen and oxygen atoms in total. The number of piperazine rings is 1. The Morgan fingerprint density at radius 1 is 1.32 bits per heavy atom. The summed E-state index contributed by atoms with van der Waals surface area (Å²) in [5.74, 6) is 0.140. The number of hydrogen-bond acceptors (Lipinski definition) is 3. The molecule has 2 N–H and O–H groups in total. The second kappa shape index (κ2) is 6.37. The Labute approximate surface area is 119 Å². The first-order chi connectivity index (χ1) is 9.13. The van der Waals surface area contributed by atoms with Crippen LogP contribution in [0.15, 0.2) is 24.3 Å². The monoisotopic (exact) mass is 281 g/mol. The van der Waals surface area contributed by atoms with Gasteiger partial charge < -0.3 is 10.6 Å². The molecule has 0 aliphatic carbocycles. The normalized spacial score (nSPS) is 18.4. The van der Waals surface area contributed by atoms with Crippen LogP contribution < -0.4 is 5.73 Å². The summed E-state index contributed by atoms with van der Waals surface area (Å²) in [6, 6.07) is 7.95. The van der Waals surface area contributed by atoms with Gasteiger partial charge in [-0.25, -0.2) is 0 Å². The molecule has 0 saturated carbocycles. The third-order valence-corrected chi connectivity index (χ3v) is 4.03. The second-order valence-electron chi connectivity index (χ2n) is 4.82. The van der Waals surface area contributed by atoms with Gasteiger partial charge in [-0.1, -0.05) is 29.8 Å². The van der Waals surface area contributed by atoms with Crippen LogP contribution in [0.5, 0.6) is 0 Å². The van der Waals surface area contributed by atoms with Crippen molar-refractivity contribution in [3.63, 3.8) is 0 Å². The Hall–Kier alpha value is -1.10. The molecule has 1 saturated heterocycles. The van der Waals surface area contributed by atoms with Crippen molar-refractivity contribution >= 4 is 17.5 Å². The molecule has 2 rings (SSSR count). The van der Waals surface area contributed by atoms with E-state index in [-0.39, 0.29) is 11.9 Å². The summed E-state index contributed by atoms with van der Waals surface area (Å²) in [7, 11) is 0. The standard InChI is InChI=1S/C14H20ClN3O/c1-11(19)17-6-8-18(9-7-17)14(10-16)12-4-2-3-5-13(12)15/h2-5,14H,6-10,16H2,1H3. The third kappa shape index (κ3) is 3.26. The van der Waals surface area contributed by atoms with Crippen LogP contribution in [0, 0.1) is 0 Å². The molecule has 0 aromatic heterocycles. The van der Waals surface area contributed by atoms with Crippen molar-refractivity contribution < 1.29 is 4.79 Å². The highest BCUT2D eigenvalue weighted by molar-refractivity contribution is 6.31. The lowest BCUT2D eigenvalue weighted by molar-refractivity contribution is -0.130. The van der Waals surface area contributed by atoms with Crippen LogP contribution in [-0.4, -0.2) is 48.4 Å². The number of amides is 1. The minimum atomic E-state index is 0.128. The minimum Gasteiger partial charge on any atom is -0.340 e. The third-order valence-electron chi connectivity index (χ3n) is 3.69. The first-order valence-electron chi connectivity index (χ1n) is 6.57. The minimum absolute atomic E-state index is 0.128. The molecule has 1 aliphatic rings.